The Balaban J connectivity index is 1.72. The minimum atomic E-state index is 0.0632. The molecule has 110 valence electrons. The Kier molecular flexibility index (Phi) is 4.25. The molecule has 3 N–H and O–H groups in total. The summed E-state index contributed by atoms with van der Waals surface area (Å²) in [4.78, 5) is 13.2. The van der Waals surface area contributed by atoms with Gasteiger partial charge in [0.05, 0.1) is 24.5 Å². The Morgan fingerprint density at radius 3 is 2.81 bits per heavy atom. The molecule has 2 aromatic rings. The molecule has 0 saturated heterocycles. The second-order valence-corrected chi connectivity index (χ2v) is 5.10. The van der Waals surface area contributed by atoms with Gasteiger partial charge in [-0.05, 0) is 25.0 Å². The Bertz CT molecular complexity index is 586. The molecule has 6 nitrogen and oxygen atoms in total. The molecular formula is C15H19N5O. The Morgan fingerprint density at radius 1 is 1.19 bits per heavy atom. The van der Waals surface area contributed by atoms with E-state index < -0.39 is 0 Å². The summed E-state index contributed by atoms with van der Waals surface area (Å²) in [6.07, 6.45) is 4.16. The molecule has 1 aliphatic rings. The topological polar surface area (TPSA) is 83.0 Å². The van der Waals surface area contributed by atoms with Crippen LogP contribution in [0.3, 0.4) is 0 Å². The summed E-state index contributed by atoms with van der Waals surface area (Å²) in [7, 11) is 0. The van der Waals surface area contributed by atoms with Crippen LogP contribution in [0.1, 0.15) is 30.1 Å². The van der Waals surface area contributed by atoms with E-state index in [1.165, 1.54) is 12.8 Å². The maximum absolute atomic E-state index is 8.90. The first-order valence-electron chi connectivity index (χ1n) is 7.22. The molecule has 0 aromatic carbocycles. The Hall–Kier alpha value is -2.21. The summed E-state index contributed by atoms with van der Waals surface area (Å²) in [5, 5.41) is 15.2. The zero-order valence-electron chi connectivity index (χ0n) is 11.8. The van der Waals surface area contributed by atoms with Crippen molar-refractivity contribution in [3.63, 3.8) is 0 Å². The van der Waals surface area contributed by atoms with Crippen molar-refractivity contribution >= 4 is 11.8 Å². The van der Waals surface area contributed by atoms with E-state index in [-0.39, 0.29) is 6.61 Å². The predicted molar refractivity (Wildman–Crippen MR) is 81.1 cm³/mol. The fraction of sp³-hybridized carbons (Fsp3) is 0.400. The van der Waals surface area contributed by atoms with Crippen LogP contribution in [-0.2, 0) is 6.54 Å². The molecule has 0 amide bonds. The molecule has 0 radical (unpaired) electrons. The minimum Gasteiger partial charge on any atom is -0.395 e. The SMILES string of the molecule is OCCNc1nc(NCc2ccccn2)cc(C2CC2)n1. The average molecular weight is 285 g/mol. The van der Waals surface area contributed by atoms with Crippen molar-refractivity contribution in [3.05, 3.63) is 41.9 Å². The zero-order valence-corrected chi connectivity index (χ0v) is 11.8. The normalized spacial score (nSPS) is 14.0. The summed E-state index contributed by atoms with van der Waals surface area (Å²) < 4.78 is 0. The van der Waals surface area contributed by atoms with Gasteiger partial charge in [0.25, 0.3) is 0 Å². The van der Waals surface area contributed by atoms with E-state index in [0.717, 1.165) is 17.2 Å². The van der Waals surface area contributed by atoms with Gasteiger partial charge in [0, 0.05) is 24.7 Å². The number of hydrogen-bond donors (Lipinski definition) is 3. The summed E-state index contributed by atoms with van der Waals surface area (Å²) in [6.45, 7) is 1.14. The molecule has 2 heterocycles. The van der Waals surface area contributed by atoms with Crippen LogP contribution < -0.4 is 10.6 Å². The van der Waals surface area contributed by atoms with Gasteiger partial charge in [-0.25, -0.2) is 4.98 Å². The Morgan fingerprint density at radius 2 is 2.10 bits per heavy atom. The number of nitrogens with one attached hydrogen (secondary N) is 2. The van der Waals surface area contributed by atoms with Gasteiger partial charge in [0.2, 0.25) is 5.95 Å². The third-order valence-corrected chi connectivity index (χ3v) is 3.31. The molecule has 0 atom stereocenters. The molecule has 1 aliphatic carbocycles. The fourth-order valence-corrected chi connectivity index (χ4v) is 2.08. The first-order chi connectivity index (χ1) is 10.3. The van der Waals surface area contributed by atoms with E-state index >= 15 is 0 Å². The highest BCUT2D eigenvalue weighted by atomic mass is 16.3. The molecule has 1 fully saturated rings. The summed E-state index contributed by atoms with van der Waals surface area (Å²) in [5.74, 6) is 1.91. The van der Waals surface area contributed by atoms with Gasteiger partial charge in [0.1, 0.15) is 5.82 Å². The van der Waals surface area contributed by atoms with Crippen LogP contribution in [0, 0.1) is 0 Å². The average Bonchev–Trinajstić information content (AvgIpc) is 3.37. The largest absolute Gasteiger partial charge is 0.395 e. The van der Waals surface area contributed by atoms with E-state index in [2.05, 4.69) is 25.6 Å². The van der Waals surface area contributed by atoms with E-state index in [1.807, 2.05) is 24.3 Å². The minimum absolute atomic E-state index is 0.0632. The van der Waals surface area contributed by atoms with Gasteiger partial charge in [-0.3, -0.25) is 4.98 Å². The second-order valence-electron chi connectivity index (χ2n) is 5.10. The van der Waals surface area contributed by atoms with Gasteiger partial charge in [-0.1, -0.05) is 6.07 Å². The Labute approximate surface area is 123 Å². The lowest BCUT2D eigenvalue weighted by atomic mass is 10.2. The number of aliphatic hydroxyl groups is 1. The summed E-state index contributed by atoms with van der Waals surface area (Å²) in [6, 6.07) is 7.84. The second kappa shape index (κ2) is 6.49. The number of rotatable bonds is 7. The number of pyridine rings is 1. The molecule has 0 spiro atoms. The third kappa shape index (κ3) is 3.88. The van der Waals surface area contributed by atoms with Crippen LogP contribution >= 0.6 is 0 Å². The number of nitrogens with zero attached hydrogens (tertiary/aromatic N) is 3. The number of anilines is 2. The van der Waals surface area contributed by atoms with Crippen molar-refractivity contribution in [3.8, 4) is 0 Å². The predicted octanol–water partition coefficient (Wildman–Crippen LogP) is 1.77. The highest BCUT2D eigenvalue weighted by Gasteiger charge is 2.26. The third-order valence-electron chi connectivity index (χ3n) is 3.31. The van der Waals surface area contributed by atoms with E-state index in [1.54, 1.807) is 6.20 Å². The van der Waals surface area contributed by atoms with Crippen molar-refractivity contribution in [2.24, 2.45) is 0 Å². The fourth-order valence-electron chi connectivity index (χ4n) is 2.08. The van der Waals surface area contributed by atoms with Crippen molar-refractivity contribution < 1.29 is 5.11 Å². The lowest BCUT2D eigenvalue weighted by Gasteiger charge is -2.10. The van der Waals surface area contributed by atoms with Crippen molar-refractivity contribution in [2.45, 2.75) is 25.3 Å². The summed E-state index contributed by atoms with van der Waals surface area (Å²) >= 11 is 0. The molecule has 6 heteroatoms. The van der Waals surface area contributed by atoms with E-state index in [4.69, 9.17) is 5.11 Å². The van der Waals surface area contributed by atoms with E-state index in [0.29, 0.717) is 25.0 Å². The van der Waals surface area contributed by atoms with Crippen LogP contribution in [0.5, 0.6) is 0 Å². The highest BCUT2D eigenvalue weighted by Crippen LogP contribution is 2.39. The quantitative estimate of drug-likeness (QED) is 0.719. The van der Waals surface area contributed by atoms with Crippen molar-refractivity contribution in [1.29, 1.82) is 0 Å². The smallest absolute Gasteiger partial charge is 0.224 e. The molecule has 1 saturated carbocycles. The highest BCUT2D eigenvalue weighted by molar-refractivity contribution is 5.44. The molecule has 0 unspecified atom stereocenters. The maximum Gasteiger partial charge on any atom is 0.224 e. The van der Waals surface area contributed by atoms with Gasteiger partial charge >= 0.3 is 0 Å². The monoisotopic (exact) mass is 285 g/mol. The number of hydrogen-bond acceptors (Lipinski definition) is 6. The molecule has 0 bridgehead atoms. The molecule has 0 aliphatic heterocycles. The number of aromatic nitrogens is 3. The van der Waals surface area contributed by atoms with Crippen molar-refractivity contribution in [1.82, 2.24) is 15.0 Å². The van der Waals surface area contributed by atoms with Crippen LogP contribution in [0.4, 0.5) is 11.8 Å². The van der Waals surface area contributed by atoms with Gasteiger partial charge in [-0.2, -0.15) is 4.98 Å². The first kappa shape index (κ1) is 13.8. The zero-order chi connectivity index (χ0) is 14.5. The van der Waals surface area contributed by atoms with Gasteiger partial charge < -0.3 is 15.7 Å². The molecule has 21 heavy (non-hydrogen) atoms. The molecule has 2 aromatic heterocycles. The summed E-state index contributed by atoms with van der Waals surface area (Å²) in [5.41, 5.74) is 2.03. The first-order valence-corrected chi connectivity index (χ1v) is 7.22. The number of aliphatic hydroxyl groups excluding tert-OH is 1. The standard InChI is InChI=1S/C15H19N5O/c21-8-7-17-15-19-13(11-4-5-11)9-14(20-15)18-10-12-3-1-2-6-16-12/h1-3,6,9,11,21H,4-5,7-8,10H2,(H2,17,18,19,20). The lowest BCUT2D eigenvalue weighted by molar-refractivity contribution is 0.311. The molecular weight excluding hydrogens is 266 g/mol. The van der Waals surface area contributed by atoms with E-state index in [9.17, 15) is 0 Å². The maximum atomic E-state index is 8.90. The van der Waals surface area contributed by atoms with Gasteiger partial charge in [0.15, 0.2) is 0 Å². The van der Waals surface area contributed by atoms with Crippen LogP contribution in [0.15, 0.2) is 30.5 Å². The van der Waals surface area contributed by atoms with Crippen LogP contribution in [0.25, 0.3) is 0 Å². The lowest BCUT2D eigenvalue weighted by Crippen LogP contribution is -2.11. The van der Waals surface area contributed by atoms with Crippen molar-refractivity contribution in [2.75, 3.05) is 23.8 Å². The van der Waals surface area contributed by atoms with Gasteiger partial charge in [-0.15, -0.1) is 0 Å². The molecule has 3 rings (SSSR count). The van der Waals surface area contributed by atoms with Crippen LogP contribution in [0.2, 0.25) is 0 Å². The van der Waals surface area contributed by atoms with Crippen LogP contribution in [-0.4, -0.2) is 33.2 Å².